The Morgan fingerprint density at radius 3 is 2.32 bits per heavy atom. The fourth-order valence-electron chi connectivity index (χ4n) is 1.70. The van der Waals surface area contributed by atoms with Crippen LogP contribution in [0.3, 0.4) is 0 Å². The summed E-state index contributed by atoms with van der Waals surface area (Å²) in [5.41, 5.74) is 0.763. The molecule has 0 aliphatic heterocycles. The molecular formula is C15H16F3N3O. The van der Waals surface area contributed by atoms with Gasteiger partial charge in [0.1, 0.15) is 5.56 Å². The van der Waals surface area contributed by atoms with E-state index in [4.69, 9.17) is 4.74 Å². The van der Waals surface area contributed by atoms with E-state index in [1.807, 2.05) is 19.1 Å². The maximum Gasteiger partial charge on any atom is 0.423 e. The second-order valence-corrected chi connectivity index (χ2v) is 5.07. The Bertz CT molecular complexity index is 639. The molecule has 2 rings (SSSR count). The van der Waals surface area contributed by atoms with Crippen LogP contribution in [0.2, 0.25) is 0 Å². The summed E-state index contributed by atoms with van der Waals surface area (Å²) in [4.78, 5) is 7.54. The molecule has 22 heavy (non-hydrogen) atoms. The summed E-state index contributed by atoms with van der Waals surface area (Å²) in [6.45, 7) is 5.21. The quantitative estimate of drug-likeness (QED) is 0.912. The van der Waals surface area contributed by atoms with Crippen molar-refractivity contribution in [3.05, 3.63) is 41.6 Å². The third-order valence-electron chi connectivity index (χ3n) is 2.71. The van der Waals surface area contributed by atoms with Crippen LogP contribution >= 0.6 is 0 Å². The van der Waals surface area contributed by atoms with E-state index in [-0.39, 0.29) is 5.95 Å². The van der Waals surface area contributed by atoms with Crippen LogP contribution in [0.15, 0.2) is 30.5 Å². The molecule has 1 aromatic heterocycles. The van der Waals surface area contributed by atoms with Gasteiger partial charge in [-0.25, -0.2) is 4.98 Å². The average Bonchev–Trinajstić information content (AvgIpc) is 2.39. The number of benzene rings is 1. The number of nitrogens with zero attached hydrogens (tertiary/aromatic N) is 2. The number of hydrogen-bond acceptors (Lipinski definition) is 4. The molecule has 0 bridgehead atoms. The highest BCUT2D eigenvalue weighted by atomic mass is 19.4. The van der Waals surface area contributed by atoms with Crippen molar-refractivity contribution in [3.63, 3.8) is 0 Å². The van der Waals surface area contributed by atoms with Gasteiger partial charge < -0.3 is 10.1 Å². The highest BCUT2D eigenvalue weighted by Crippen LogP contribution is 2.35. The highest BCUT2D eigenvalue weighted by Gasteiger charge is 2.36. The largest absolute Gasteiger partial charge is 0.474 e. The summed E-state index contributed by atoms with van der Waals surface area (Å²) in [7, 11) is 0. The topological polar surface area (TPSA) is 47.0 Å². The minimum atomic E-state index is -4.56. The van der Waals surface area contributed by atoms with E-state index in [0.29, 0.717) is 5.69 Å². The van der Waals surface area contributed by atoms with Gasteiger partial charge in [-0.3, -0.25) is 0 Å². The molecule has 1 heterocycles. The van der Waals surface area contributed by atoms with Gasteiger partial charge in [0.2, 0.25) is 11.8 Å². The summed E-state index contributed by atoms with van der Waals surface area (Å²) < 4.78 is 43.9. The fourth-order valence-corrected chi connectivity index (χ4v) is 1.70. The SMILES string of the molecule is Cc1ccc(Nc2ncc(C(F)(F)F)c(OC(C)C)n2)cc1. The van der Waals surface area contributed by atoms with E-state index in [2.05, 4.69) is 15.3 Å². The smallest absolute Gasteiger partial charge is 0.423 e. The van der Waals surface area contributed by atoms with Crippen LogP contribution in [0.5, 0.6) is 5.88 Å². The van der Waals surface area contributed by atoms with E-state index in [0.717, 1.165) is 11.8 Å². The average molecular weight is 311 g/mol. The Kier molecular flexibility index (Phi) is 4.54. The maximum absolute atomic E-state index is 12.9. The lowest BCUT2D eigenvalue weighted by molar-refractivity contribution is -0.139. The summed E-state index contributed by atoms with van der Waals surface area (Å²) in [6.07, 6.45) is -4.27. The zero-order valence-electron chi connectivity index (χ0n) is 12.4. The Hall–Kier alpha value is -2.31. The lowest BCUT2D eigenvalue weighted by atomic mass is 10.2. The predicted octanol–water partition coefficient (Wildman–Crippen LogP) is 4.33. The number of anilines is 2. The van der Waals surface area contributed by atoms with E-state index in [1.54, 1.807) is 26.0 Å². The zero-order valence-corrected chi connectivity index (χ0v) is 12.4. The van der Waals surface area contributed by atoms with Crippen LogP contribution in [0.25, 0.3) is 0 Å². The Morgan fingerprint density at radius 1 is 1.14 bits per heavy atom. The third kappa shape index (κ3) is 4.09. The molecule has 0 atom stereocenters. The first-order chi connectivity index (χ1) is 10.3. The Morgan fingerprint density at radius 2 is 1.77 bits per heavy atom. The molecule has 7 heteroatoms. The molecule has 0 aliphatic rings. The number of aromatic nitrogens is 2. The number of rotatable bonds is 4. The molecule has 1 aromatic carbocycles. The summed E-state index contributed by atoms with van der Waals surface area (Å²) >= 11 is 0. The van der Waals surface area contributed by atoms with Gasteiger partial charge in [0, 0.05) is 11.9 Å². The summed E-state index contributed by atoms with van der Waals surface area (Å²) in [5, 5.41) is 2.85. The van der Waals surface area contributed by atoms with Crippen molar-refractivity contribution in [2.45, 2.75) is 33.1 Å². The predicted molar refractivity (Wildman–Crippen MR) is 77.3 cm³/mol. The van der Waals surface area contributed by atoms with Crippen LogP contribution in [0.1, 0.15) is 25.0 Å². The Labute approximate surface area is 126 Å². The van der Waals surface area contributed by atoms with Gasteiger partial charge in [0.05, 0.1) is 6.10 Å². The second kappa shape index (κ2) is 6.21. The zero-order chi connectivity index (χ0) is 16.3. The van der Waals surface area contributed by atoms with Crippen LogP contribution in [0.4, 0.5) is 24.8 Å². The molecule has 0 spiro atoms. The van der Waals surface area contributed by atoms with E-state index in [9.17, 15) is 13.2 Å². The van der Waals surface area contributed by atoms with E-state index < -0.39 is 23.7 Å². The van der Waals surface area contributed by atoms with Crippen molar-refractivity contribution >= 4 is 11.6 Å². The lowest BCUT2D eigenvalue weighted by Gasteiger charge is -2.15. The first-order valence-corrected chi connectivity index (χ1v) is 6.70. The normalized spacial score (nSPS) is 11.6. The highest BCUT2D eigenvalue weighted by molar-refractivity contribution is 5.54. The lowest BCUT2D eigenvalue weighted by Crippen LogP contribution is -2.15. The van der Waals surface area contributed by atoms with Crippen molar-refractivity contribution in [3.8, 4) is 5.88 Å². The third-order valence-corrected chi connectivity index (χ3v) is 2.71. The minimum Gasteiger partial charge on any atom is -0.474 e. The molecule has 0 fully saturated rings. The molecule has 118 valence electrons. The molecule has 1 N–H and O–H groups in total. The number of aryl methyl sites for hydroxylation is 1. The number of alkyl halides is 3. The molecule has 0 saturated heterocycles. The molecule has 2 aromatic rings. The van der Waals surface area contributed by atoms with Gasteiger partial charge in [-0.1, -0.05) is 17.7 Å². The molecule has 0 aliphatic carbocycles. The number of halogens is 3. The van der Waals surface area contributed by atoms with Gasteiger partial charge in [-0.2, -0.15) is 18.2 Å². The maximum atomic E-state index is 12.9. The standard InChI is InChI=1S/C15H16F3N3O/c1-9(2)22-13-12(15(16,17)18)8-19-14(21-13)20-11-6-4-10(3)5-7-11/h4-9H,1-3H3,(H,19,20,21). The van der Waals surface area contributed by atoms with Crippen LogP contribution in [0, 0.1) is 6.92 Å². The van der Waals surface area contributed by atoms with Crippen molar-refractivity contribution in [1.29, 1.82) is 0 Å². The van der Waals surface area contributed by atoms with Crippen LogP contribution in [-0.2, 0) is 6.18 Å². The minimum absolute atomic E-state index is 0.0486. The van der Waals surface area contributed by atoms with Gasteiger partial charge in [0.25, 0.3) is 0 Å². The second-order valence-electron chi connectivity index (χ2n) is 5.07. The van der Waals surface area contributed by atoms with Crippen LogP contribution < -0.4 is 10.1 Å². The number of nitrogens with one attached hydrogen (secondary N) is 1. The van der Waals surface area contributed by atoms with E-state index in [1.165, 1.54) is 0 Å². The monoisotopic (exact) mass is 311 g/mol. The molecular weight excluding hydrogens is 295 g/mol. The summed E-state index contributed by atoms with van der Waals surface area (Å²) in [6, 6.07) is 7.33. The van der Waals surface area contributed by atoms with Crippen molar-refractivity contribution < 1.29 is 17.9 Å². The van der Waals surface area contributed by atoms with Crippen molar-refractivity contribution in [2.75, 3.05) is 5.32 Å². The number of ether oxygens (including phenoxy) is 1. The summed E-state index contributed by atoms with van der Waals surface area (Å²) in [5.74, 6) is -0.431. The molecule has 0 radical (unpaired) electrons. The molecule has 0 unspecified atom stereocenters. The number of hydrogen-bond donors (Lipinski definition) is 1. The van der Waals surface area contributed by atoms with Gasteiger partial charge in [0.15, 0.2) is 0 Å². The van der Waals surface area contributed by atoms with Crippen molar-refractivity contribution in [2.24, 2.45) is 0 Å². The van der Waals surface area contributed by atoms with E-state index >= 15 is 0 Å². The van der Waals surface area contributed by atoms with Crippen molar-refractivity contribution in [1.82, 2.24) is 9.97 Å². The fraction of sp³-hybridized carbons (Fsp3) is 0.333. The van der Waals surface area contributed by atoms with Gasteiger partial charge in [-0.05, 0) is 32.9 Å². The first kappa shape index (κ1) is 16.1. The molecule has 0 saturated carbocycles. The molecule has 4 nitrogen and oxygen atoms in total. The van der Waals surface area contributed by atoms with Gasteiger partial charge >= 0.3 is 6.18 Å². The van der Waals surface area contributed by atoms with Gasteiger partial charge in [-0.15, -0.1) is 0 Å². The first-order valence-electron chi connectivity index (χ1n) is 6.70. The Balaban J connectivity index is 2.31. The van der Waals surface area contributed by atoms with Crippen LogP contribution in [-0.4, -0.2) is 16.1 Å². The molecule has 0 amide bonds.